The van der Waals surface area contributed by atoms with Crippen LogP contribution in [0.2, 0.25) is 0 Å². The van der Waals surface area contributed by atoms with Crippen LogP contribution < -0.4 is 0 Å². The number of allylic oxidation sites excluding steroid dienone is 2. The van der Waals surface area contributed by atoms with Gasteiger partial charge in [-0.05, 0) is 80.9 Å². The zero-order chi connectivity index (χ0) is 38.3. The van der Waals surface area contributed by atoms with E-state index in [-0.39, 0.29) is 44.5 Å². The zero-order valence-electron chi connectivity index (χ0n) is 25.8. The molecule has 0 bridgehead atoms. The summed E-state index contributed by atoms with van der Waals surface area (Å²) in [5.41, 5.74) is -3.53. The average Bonchev–Trinajstić information content (AvgIpc) is 3.73. The molecule has 0 amide bonds. The van der Waals surface area contributed by atoms with Crippen molar-refractivity contribution in [1.82, 2.24) is 0 Å². The van der Waals surface area contributed by atoms with Crippen LogP contribution in [0.25, 0.3) is 55.7 Å². The molecule has 0 aliphatic heterocycles. The molecule has 0 fully saturated rings. The molecule has 1 aromatic heterocycles. The lowest BCUT2D eigenvalue weighted by molar-refractivity contribution is -0.141. The summed E-state index contributed by atoms with van der Waals surface area (Å²) in [6.45, 7) is 0. The van der Waals surface area contributed by atoms with E-state index in [4.69, 9.17) is 0 Å². The molecule has 2 aliphatic carbocycles. The Balaban J connectivity index is 1.49. The van der Waals surface area contributed by atoms with Crippen LogP contribution in [0.5, 0.6) is 0 Å². The van der Waals surface area contributed by atoms with Crippen LogP contribution >= 0.6 is 11.3 Å². The molecule has 0 unspecified atom stereocenters. The fourth-order valence-electron chi connectivity index (χ4n) is 6.53. The molecule has 0 N–H and O–H groups in total. The summed E-state index contributed by atoms with van der Waals surface area (Å²) >= 11 is 0.946. The molecule has 1 heterocycles. The first-order chi connectivity index (χ1) is 25.0. The van der Waals surface area contributed by atoms with Crippen LogP contribution in [-0.4, -0.2) is 0 Å². The molecule has 15 heteroatoms. The average molecular weight is 745 g/mol. The highest BCUT2D eigenvalue weighted by Gasteiger charge is 2.41. The second-order valence-corrected chi connectivity index (χ2v) is 12.6. The molecule has 7 rings (SSSR count). The van der Waals surface area contributed by atoms with Crippen molar-refractivity contribution in [3.8, 4) is 68.8 Å². The normalized spacial score (nSPS) is 12.6. The van der Waals surface area contributed by atoms with Gasteiger partial charge in [0, 0.05) is 32.0 Å². The minimum Gasteiger partial charge on any atom is -0.204 e. The lowest BCUT2D eigenvalue weighted by atomic mass is 9.93. The highest BCUT2D eigenvalue weighted by Crippen LogP contribution is 2.62. The van der Waals surface area contributed by atoms with Gasteiger partial charge in [0.15, 0.2) is 23.3 Å². The SMILES string of the molecule is N#CC(C#N)=C1c2cc(-c3cc(F)c(F)c(C(F)(F)F)c3)ccc2-c2c1sc1c2-c2ccc(-c3cc(F)c(F)c(C(F)(F)F)c3)cc2C1=C(C#N)C#N. The predicted octanol–water partition coefficient (Wildman–Crippen LogP) is 11.3. The van der Waals surface area contributed by atoms with E-state index in [0.29, 0.717) is 56.3 Å². The van der Waals surface area contributed by atoms with Crippen molar-refractivity contribution in [3.63, 3.8) is 0 Å². The van der Waals surface area contributed by atoms with Crippen molar-refractivity contribution in [2.75, 3.05) is 0 Å². The maximum atomic E-state index is 14.4. The maximum absolute atomic E-state index is 14.4. The first-order valence-corrected chi connectivity index (χ1v) is 15.5. The van der Waals surface area contributed by atoms with E-state index < -0.39 is 57.9 Å². The topological polar surface area (TPSA) is 95.2 Å². The summed E-state index contributed by atoms with van der Waals surface area (Å²) in [7, 11) is 0. The second kappa shape index (κ2) is 11.9. The quantitative estimate of drug-likeness (QED) is 0.130. The minimum absolute atomic E-state index is 0.0284. The van der Waals surface area contributed by atoms with Crippen LogP contribution in [-0.2, 0) is 12.4 Å². The Labute approximate surface area is 295 Å². The van der Waals surface area contributed by atoms with Crippen molar-refractivity contribution in [1.29, 1.82) is 21.0 Å². The number of benzene rings is 4. The first kappa shape index (κ1) is 34.8. The maximum Gasteiger partial charge on any atom is 0.419 e. The third-order valence-corrected chi connectivity index (χ3v) is 9.98. The molecule has 258 valence electrons. The molecule has 4 nitrogen and oxygen atoms in total. The molecule has 0 saturated carbocycles. The number of hydrogen-bond donors (Lipinski definition) is 0. The summed E-state index contributed by atoms with van der Waals surface area (Å²) in [4.78, 5) is 0.582. The second-order valence-electron chi connectivity index (χ2n) is 11.6. The van der Waals surface area contributed by atoms with Crippen LogP contribution in [0.1, 0.15) is 32.0 Å². The number of alkyl halides is 6. The van der Waals surface area contributed by atoms with Crippen LogP contribution in [0, 0.1) is 68.6 Å². The number of thiophene rings is 1. The summed E-state index contributed by atoms with van der Waals surface area (Å²) in [6, 6.07) is 17.2. The Morgan fingerprint density at radius 2 is 0.830 bits per heavy atom. The van der Waals surface area contributed by atoms with E-state index in [2.05, 4.69) is 0 Å². The Hall–Kier alpha value is -6.68. The van der Waals surface area contributed by atoms with Gasteiger partial charge in [0.25, 0.3) is 0 Å². The molecular formula is C38H10F10N4S. The number of fused-ring (bicyclic) bond motifs is 7. The lowest BCUT2D eigenvalue weighted by Gasteiger charge is -2.13. The molecule has 0 radical (unpaired) electrons. The van der Waals surface area contributed by atoms with E-state index >= 15 is 0 Å². The Morgan fingerprint density at radius 3 is 1.15 bits per heavy atom. The summed E-state index contributed by atoms with van der Waals surface area (Å²) in [6.07, 6.45) is -10.5. The third-order valence-electron chi connectivity index (χ3n) is 8.76. The minimum atomic E-state index is -5.24. The van der Waals surface area contributed by atoms with E-state index in [9.17, 15) is 65.0 Å². The monoisotopic (exact) mass is 744 g/mol. The molecule has 2 aliphatic rings. The van der Waals surface area contributed by atoms with Gasteiger partial charge >= 0.3 is 12.4 Å². The van der Waals surface area contributed by atoms with Gasteiger partial charge in [-0.15, -0.1) is 11.3 Å². The van der Waals surface area contributed by atoms with Gasteiger partial charge < -0.3 is 0 Å². The number of nitriles is 4. The molecule has 0 saturated heterocycles. The van der Waals surface area contributed by atoms with Gasteiger partial charge in [-0.3, -0.25) is 0 Å². The van der Waals surface area contributed by atoms with Gasteiger partial charge in [0.05, 0.1) is 11.1 Å². The number of hydrogen-bond acceptors (Lipinski definition) is 5. The number of rotatable bonds is 2. The number of nitrogens with zero attached hydrogens (tertiary/aromatic N) is 4. The summed E-state index contributed by atoms with van der Waals surface area (Å²) in [5, 5.41) is 39.7. The Morgan fingerprint density at radius 1 is 0.472 bits per heavy atom. The van der Waals surface area contributed by atoms with Crippen LogP contribution in [0.15, 0.2) is 71.8 Å². The van der Waals surface area contributed by atoms with Crippen molar-refractivity contribution >= 4 is 22.5 Å². The highest BCUT2D eigenvalue weighted by atomic mass is 32.1. The summed E-state index contributed by atoms with van der Waals surface area (Å²) in [5.74, 6) is -7.72. The van der Waals surface area contributed by atoms with Gasteiger partial charge in [-0.1, -0.05) is 24.3 Å². The molecule has 4 aromatic carbocycles. The molecule has 0 atom stereocenters. The Bertz CT molecular complexity index is 2520. The Kier molecular flexibility index (Phi) is 7.83. The van der Waals surface area contributed by atoms with E-state index in [1.165, 1.54) is 36.4 Å². The predicted molar refractivity (Wildman–Crippen MR) is 170 cm³/mol. The molecule has 53 heavy (non-hydrogen) atoms. The molecule has 0 spiro atoms. The smallest absolute Gasteiger partial charge is 0.204 e. The van der Waals surface area contributed by atoms with Gasteiger partial charge in [-0.25, -0.2) is 17.6 Å². The third kappa shape index (κ3) is 5.25. The number of halogens is 10. The van der Waals surface area contributed by atoms with Gasteiger partial charge in [0.2, 0.25) is 0 Å². The van der Waals surface area contributed by atoms with Crippen molar-refractivity contribution in [3.05, 3.63) is 127 Å². The standard InChI is InChI=1S/C38H10F10N4S/c39-27-9-17(7-25(33(27)41)37(43,44)45)15-1-3-21-23(5-15)29(19(11-49)12-50)35-31(21)32-22-4-2-16(6-24(22)30(36(32)53-35)20(13-51)14-52)18-8-26(38(46,47)48)34(42)28(40)10-18/h1-10H. The fourth-order valence-corrected chi connectivity index (χ4v) is 7.99. The fraction of sp³-hybridized carbons (Fsp3) is 0.0526. The van der Waals surface area contributed by atoms with E-state index in [1.807, 2.05) is 0 Å². The van der Waals surface area contributed by atoms with Crippen molar-refractivity contribution in [2.24, 2.45) is 0 Å². The van der Waals surface area contributed by atoms with E-state index in [0.717, 1.165) is 11.3 Å². The van der Waals surface area contributed by atoms with Crippen LogP contribution in [0.3, 0.4) is 0 Å². The largest absolute Gasteiger partial charge is 0.419 e. The van der Waals surface area contributed by atoms with E-state index in [1.54, 1.807) is 24.3 Å². The lowest BCUT2D eigenvalue weighted by Crippen LogP contribution is -2.10. The zero-order valence-corrected chi connectivity index (χ0v) is 26.6. The first-order valence-electron chi connectivity index (χ1n) is 14.7. The van der Waals surface area contributed by atoms with Crippen molar-refractivity contribution in [2.45, 2.75) is 12.4 Å². The summed E-state index contributed by atoms with van der Waals surface area (Å²) < 4.78 is 138. The van der Waals surface area contributed by atoms with Gasteiger partial charge in [0.1, 0.15) is 35.4 Å². The highest BCUT2D eigenvalue weighted by molar-refractivity contribution is 7.16. The van der Waals surface area contributed by atoms with Crippen LogP contribution in [0.4, 0.5) is 43.9 Å². The molecular weight excluding hydrogens is 734 g/mol. The molecule has 5 aromatic rings. The van der Waals surface area contributed by atoms with Crippen molar-refractivity contribution < 1.29 is 43.9 Å². The van der Waals surface area contributed by atoms with Gasteiger partial charge in [-0.2, -0.15) is 47.4 Å².